The lowest BCUT2D eigenvalue weighted by molar-refractivity contribution is -0.136. The third-order valence-electron chi connectivity index (χ3n) is 3.85. The van der Waals surface area contributed by atoms with Gasteiger partial charge in [-0.25, -0.2) is 9.98 Å². The van der Waals surface area contributed by atoms with Crippen molar-refractivity contribution in [3.8, 4) is 22.6 Å². The fraction of sp³-hybridized carbons (Fsp3) is 0.105. The number of rotatable bonds is 6. The van der Waals surface area contributed by atoms with Gasteiger partial charge in [0.15, 0.2) is 5.96 Å². The molecule has 2 aromatic carbocycles. The van der Waals surface area contributed by atoms with Gasteiger partial charge in [0.05, 0.1) is 17.6 Å². The average Bonchev–Trinajstić information content (AvgIpc) is 3.10. The number of aromatic amines is 1. The van der Waals surface area contributed by atoms with Gasteiger partial charge in [0, 0.05) is 17.5 Å². The first kappa shape index (κ1) is 17.2. The molecule has 0 fully saturated rings. The van der Waals surface area contributed by atoms with Crippen LogP contribution in [0.2, 0.25) is 0 Å². The monoisotopic (exact) mass is 349 g/mol. The van der Waals surface area contributed by atoms with Crippen molar-refractivity contribution in [2.45, 2.75) is 12.8 Å². The summed E-state index contributed by atoms with van der Waals surface area (Å²) in [5.74, 6) is -0.0554. The molecule has 0 aliphatic rings. The Morgan fingerprint density at radius 1 is 1.12 bits per heavy atom. The maximum atomic E-state index is 10.6. The van der Waals surface area contributed by atoms with Crippen LogP contribution in [0, 0.1) is 0 Å². The number of aromatic nitrogens is 2. The predicted molar refractivity (Wildman–Crippen MR) is 101 cm³/mol. The summed E-state index contributed by atoms with van der Waals surface area (Å²) < 4.78 is 0. The van der Waals surface area contributed by atoms with Crippen molar-refractivity contribution in [1.29, 1.82) is 0 Å². The zero-order chi connectivity index (χ0) is 18.5. The summed E-state index contributed by atoms with van der Waals surface area (Å²) in [6, 6.07) is 15.2. The molecule has 1 aromatic heterocycles. The number of carboxylic acid groups (broad SMARTS) is 1. The average molecular weight is 349 g/mol. The highest BCUT2D eigenvalue weighted by molar-refractivity contribution is 5.80. The van der Waals surface area contributed by atoms with Crippen LogP contribution >= 0.6 is 0 Å². The SMILES string of the molecule is NC(N)=Nc1cccc(-c2cnc(-c3ccc(CCC(=O)O)cc3)[nH]2)c1. The van der Waals surface area contributed by atoms with Crippen LogP contribution in [0.25, 0.3) is 22.6 Å². The number of guanidine groups is 1. The number of nitrogens with two attached hydrogens (primary N) is 2. The molecule has 26 heavy (non-hydrogen) atoms. The zero-order valence-corrected chi connectivity index (χ0v) is 14.0. The summed E-state index contributed by atoms with van der Waals surface area (Å²) in [5, 5.41) is 8.75. The summed E-state index contributed by atoms with van der Waals surface area (Å²) in [5.41, 5.74) is 15.2. The van der Waals surface area contributed by atoms with Crippen molar-refractivity contribution in [2.24, 2.45) is 16.5 Å². The normalized spacial score (nSPS) is 10.5. The van der Waals surface area contributed by atoms with E-state index in [2.05, 4.69) is 15.0 Å². The van der Waals surface area contributed by atoms with E-state index in [1.54, 1.807) is 6.20 Å². The van der Waals surface area contributed by atoms with E-state index in [9.17, 15) is 4.79 Å². The molecule has 0 amide bonds. The van der Waals surface area contributed by atoms with Crippen molar-refractivity contribution in [2.75, 3.05) is 0 Å². The Morgan fingerprint density at radius 2 is 1.88 bits per heavy atom. The van der Waals surface area contributed by atoms with Crippen molar-refractivity contribution in [3.63, 3.8) is 0 Å². The molecule has 0 aliphatic carbocycles. The van der Waals surface area contributed by atoms with Gasteiger partial charge in [-0.15, -0.1) is 0 Å². The summed E-state index contributed by atoms with van der Waals surface area (Å²) in [6.45, 7) is 0. The summed E-state index contributed by atoms with van der Waals surface area (Å²) in [4.78, 5) is 22.4. The molecule has 6 N–H and O–H groups in total. The molecule has 0 bridgehead atoms. The van der Waals surface area contributed by atoms with Gasteiger partial charge in [-0.1, -0.05) is 36.4 Å². The molecule has 0 unspecified atom stereocenters. The van der Waals surface area contributed by atoms with Crippen LogP contribution in [0.15, 0.2) is 59.7 Å². The smallest absolute Gasteiger partial charge is 0.303 e. The largest absolute Gasteiger partial charge is 0.481 e. The van der Waals surface area contributed by atoms with Gasteiger partial charge < -0.3 is 21.6 Å². The van der Waals surface area contributed by atoms with Crippen LogP contribution in [0.4, 0.5) is 5.69 Å². The first-order chi connectivity index (χ1) is 12.5. The summed E-state index contributed by atoms with van der Waals surface area (Å²) >= 11 is 0. The van der Waals surface area contributed by atoms with Gasteiger partial charge in [-0.3, -0.25) is 4.79 Å². The Morgan fingerprint density at radius 3 is 2.58 bits per heavy atom. The molecule has 7 nitrogen and oxygen atoms in total. The highest BCUT2D eigenvalue weighted by Crippen LogP contribution is 2.25. The van der Waals surface area contributed by atoms with Crippen molar-refractivity contribution in [1.82, 2.24) is 9.97 Å². The highest BCUT2D eigenvalue weighted by Gasteiger charge is 2.07. The zero-order valence-electron chi connectivity index (χ0n) is 14.0. The molecule has 0 aliphatic heterocycles. The first-order valence-electron chi connectivity index (χ1n) is 8.07. The molecule has 0 saturated carbocycles. The lowest BCUT2D eigenvalue weighted by atomic mass is 10.1. The van der Waals surface area contributed by atoms with Crippen LogP contribution < -0.4 is 11.5 Å². The molecule has 0 spiro atoms. The van der Waals surface area contributed by atoms with Crippen LogP contribution in [-0.2, 0) is 11.2 Å². The van der Waals surface area contributed by atoms with Crippen molar-refractivity contribution >= 4 is 17.6 Å². The van der Waals surface area contributed by atoms with Crippen molar-refractivity contribution in [3.05, 3.63) is 60.3 Å². The Bertz CT molecular complexity index is 941. The molecule has 7 heteroatoms. The van der Waals surface area contributed by atoms with Gasteiger partial charge in [0.25, 0.3) is 0 Å². The summed E-state index contributed by atoms with van der Waals surface area (Å²) in [6.07, 6.45) is 2.38. The van der Waals surface area contributed by atoms with E-state index in [-0.39, 0.29) is 12.4 Å². The second kappa shape index (κ2) is 7.52. The maximum Gasteiger partial charge on any atom is 0.303 e. The van der Waals surface area contributed by atoms with Crippen LogP contribution in [0.5, 0.6) is 0 Å². The molecule has 0 radical (unpaired) electrons. The van der Waals surface area contributed by atoms with Crippen LogP contribution in [0.3, 0.4) is 0 Å². The Balaban J connectivity index is 1.79. The number of nitrogens with one attached hydrogen (secondary N) is 1. The van der Waals surface area contributed by atoms with Gasteiger partial charge in [0.2, 0.25) is 0 Å². The number of carboxylic acids is 1. The minimum atomic E-state index is -0.798. The molecular weight excluding hydrogens is 330 g/mol. The van der Waals surface area contributed by atoms with Gasteiger partial charge in [-0.05, 0) is 24.1 Å². The minimum Gasteiger partial charge on any atom is -0.481 e. The number of hydrogen-bond donors (Lipinski definition) is 4. The Hall–Kier alpha value is -3.61. The number of carbonyl (C=O) groups is 1. The molecule has 3 rings (SSSR count). The second-order valence-electron chi connectivity index (χ2n) is 5.82. The van der Waals surface area contributed by atoms with E-state index in [1.807, 2.05) is 48.5 Å². The maximum absolute atomic E-state index is 10.6. The lowest BCUT2D eigenvalue weighted by Gasteiger charge is -2.02. The Kier molecular flexibility index (Phi) is 4.98. The highest BCUT2D eigenvalue weighted by atomic mass is 16.4. The van der Waals surface area contributed by atoms with E-state index >= 15 is 0 Å². The fourth-order valence-corrected chi connectivity index (χ4v) is 2.59. The standard InChI is InChI=1S/C19H19N5O2/c20-19(21)23-15-3-1-2-14(10-15)16-11-22-18(24-16)13-7-4-12(5-8-13)6-9-17(25)26/h1-5,7-8,10-11H,6,9H2,(H,22,24)(H,25,26)(H4,20,21,23). The topological polar surface area (TPSA) is 130 Å². The van der Waals surface area contributed by atoms with E-state index in [4.69, 9.17) is 16.6 Å². The number of aryl methyl sites for hydroxylation is 1. The molecule has 1 heterocycles. The number of benzene rings is 2. The van der Waals surface area contributed by atoms with E-state index in [0.717, 1.165) is 28.2 Å². The third-order valence-corrected chi connectivity index (χ3v) is 3.85. The van der Waals surface area contributed by atoms with E-state index in [1.165, 1.54) is 0 Å². The van der Waals surface area contributed by atoms with Crippen LogP contribution in [0.1, 0.15) is 12.0 Å². The Labute approximate surface area is 150 Å². The first-order valence-corrected chi connectivity index (χ1v) is 8.07. The van der Waals surface area contributed by atoms with Crippen molar-refractivity contribution < 1.29 is 9.90 Å². The minimum absolute atomic E-state index is 0.00966. The lowest BCUT2D eigenvalue weighted by Crippen LogP contribution is -2.21. The number of aliphatic carboxylic acids is 1. The molecule has 132 valence electrons. The summed E-state index contributed by atoms with van der Waals surface area (Å²) in [7, 11) is 0. The fourth-order valence-electron chi connectivity index (χ4n) is 2.59. The number of imidazole rings is 1. The molecule has 0 saturated heterocycles. The second-order valence-corrected chi connectivity index (χ2v) is 5.82. The van der Waals surface area contributed by atoms with Gasteiger partial charge in [-0.2, -0.15) is 0 Å². The molecule has 0 atom stereocenters. The molecule has 3 aromatic rings. The van der Waals surface area contributed by atoms with Crippen LogP contribution in [-0.4, -0.2) is 27.0 Å². The number of hydrogen-bond acceptors (Lipinski definition) is 3. The predicted octanol–water partition coefficient (Wildman–Crippen LogP) is 2.67. The third kappa shape index (κ3) is 4.27. The number of aliphatic imine (C=N–C) groups is 1. The quantitative estimate of drug-likeness (QED) is 0.401. The van der Waals surface area contributed by atoms with Gasteiger partial charge in [0.1, 0.15) is 5.82 Å². The van der Waals surface area contributed by atoms with E-state index in [0.29, 0.717) is 12.1 Å². The number of H-pyrrole nitrogens is 1. The van der Waals surface area contributed by atoms with Gasteiger partial charge >= 0.3 is 5.97 Å². The van der Waals surface area contributed by atoms with E-state index < -0.39 is 5.97 Å². The molecular formula is C19H19N5O2. The number of nitrogens with zero attached hydrogens (tertiary/aromatic N) is 2.